The molecule has 2 fully saturated rings. The number of carbonyl (C=O) groups excluding carboxylic acids is 5. The van der Waals surface area contributed by atoms with Crippen LogP contribution in [-0.4, -0.2) is 82.3 Å². The molecule has 10 unspecified atom stereocenters. The molecule has 0 bridgehead atoms. The van der Waals surface area contributed by atoms with Gasteiger partial charge in [-0.15, -0.1) is 0 Å². The van der Waals surface area contributed by atoms with Gasteiger partial charge in [-0.1, -0.05) is 19.9 Å². The third-order valence-corrected chi connectivity index (χ3v) is 9.02. The molecule has 0 saturated carbocycles. The molecule has 10 atom stereocenters. The van der Waals surface area contributed by atoms with Gasteiger partial charge in [-0.25, -0.2) is 4.79 Å². The van der Waals surface area contributed by atoms with Crippen LogP contribution in [0.1, 0.15) is 74.7 Å². The lowest BCUT2D eigenvalue weighted by molar-refractivity contribution is -0.220. The number of hydrogen-bond acceptors (Lipinski definition) is 12. The maximum atomic E-state index is 13.2. The van der Waals surface area contributed by atoms with E-state index in [9.17, 15) is 29.1 Å². The van der Waals surface area contributed by atoms with Crippen molar-refractivity contribution in [1.82, 2.24) is 0 Å². The van der Waals surface area contributed by atoms with Crippen molar-refractivity contribution >= 4 is 29.8 Å². The molecule has 42 heavy (non-hydrogen) atoms. The third-order valence-electron chi connectivity index (χ3n) is 9.02. The zero-order chi connectivity index (χ0) is 31.4. The van der Waals surface area contributed by atoms with Gasteiger partial charge in [-0.3, -0.25) is 19.2 Å². The Hall–Kier alpha value is -3.25. The Morgan fingerprint density at radius 2 is 1.62 bits per heavy atom. The van der Waals surface area contributed by atoms with E-state index < -0.39 is 88.5 Å². The minimum atomic E-state index is -1.96. The van der Waals surface area contributed by atoms with Crippen LogP contribution in [0.4, 0.5) is 0 Å². The van der Waals surface area contributed by atoms with Gasteiger partial charge in [0.05, 0.1) is 0 Å². The first-order valence-corrected chi connectivity index (χ1v) is 14.2. The number of epoxide rings is 1. The van der Waals surface area contributed by atoms with Crippen LogP contribution in [0.5, 0.6) is 0 Å². The van der Waals surface area contributed by atoms with Gasteiger partial charge in [-0.05, 0) is 44.9 Å². The summed E-state index contributed by atoms with van der Waals surface area (Å²) < 4.78 is 35.0. The number of hydrogen-bond donors (Lipinski definition) is 1. The average molecular weight is 593 g/mol. The molecule has 4 rings (SSSR count). The maximum absolute atomic E-state index is 13.2. The van der Waals surface area contributed by atoms with E-state index in [1.165, 1.54) is 40.7 Å². The fraction of sp³-hybridized carbons (Fsp3) is 0.700. The number of carbonyl (C=O) groups is 5. The predicted octanol–water partition coefficient (Wildman–Crippen LogP) is 2.24. The summed E-state index contributed by atoms with van der Waals surface area (Å²) in [6, 6.07) is 0. The van der Waals surface area contributed by atoms with Crippen molar-refractivity contribution in [3.8, 4) is 0 Å². The summed E-state index contributed by atoms with van der Waals surface area (Å²) in [5.41, 5.74) is -6.00. The maximum Gasteiger partial charge on any atom is 0.342 e. The normalized spacial score (nSPS) is 42.0. The molecule has 1 spiro atoms. The zero-order valence-corrected chi connectivity index (χ0v) is 25.3. The van der Waals surface area contributed by atoms with E-state index in [4.69, 9.17) is 28.4 Å². The molecule has 0 amide bonds. The number of rotatable bonds is 6. The molecular weight excluding hydrogens is 552 g/mol. The molecule has 1 N–H and O–H groups in total. The number of ether oxygens (including phenoxy) is 6. The van der Waals surface area contributed by atoms with Gasteiger partial charge >= 0.3 is 29.8 Å². The molecule has 0 aromatic heterocycles. The highest BCUT2D eigenvalue weighted by molar-refractivity contribution is 5.89. The van der Waals surface area contributed by atoms with Crippen LogP contribution in [0.15, 0.2) is 23.8 Å². The highest BCUT2D eigenvalue weighted by Crippen LogP contribution is 2.65. The fourth-order valence-corrected chi connectivity index (χ4v) is 6.99. The molecule has 2 aliphatic heterocycles. The van der Waals surface area contributed by atoms with Crippen LogP contribution < -0.4 is 0 Å². The zero-order valence-electron chi connectivity index (χ0n) is 25.3. The molecule has 2 aliphatic carbocycles. The quantitative estimate of drug-likeness (QED) is 0.207. The molecule has 4 aliphatic rings. The van der Waals surface area contributed by atoms with E-state index in [1.54, 1.807) is 26.0 Å². The Balaban J connectivity index is 2.01. The lowest BCUT2D eigenvalue weighted by atomic mass is 9.55. The first kappa shape index (κ1) is 31.7. The first-order valence-electron chi connectivity index (χ1n) is 14.2. The summed E-state index contributed by atoms with van der Waals surface area (Å²) in [5, 5.41) is 12.3. The average Bonchev–Trinajstić information content (AvgIpc) is 3.44. The van der Waals surface area contributed by atoms with Gasteiger partial charge in [0.15, 0.2) is 17.3 Å². The number of aliphatic hydroxyl groups is 1. The molecule has 12 heteroatoms. The van der Waals surface area contributed by atoms with Crippen LogP contribution >= 0.6 is 0 Å². The van der Waals surface area contributed by atoms with Crippen LogP contribution in [0.2, 0.25) is 0 Å². The molecule has 2 saturated heterocycles. The lowest BCUT2D eigenvalue weighted by Crippen LogP contribution is -2.67. The van der Waals surface area contributed by atoms with Crippen molar-refractivity contribution in [3.05, 3.63) is 23.8 Å². The summed E-state index contributed by atoms with van der Waals surface area (Å²) in [6.07, 6.45) is -0.335. The van der Waals surface area contributed by atoms with Gasteiger partial charge in [0.25, 0.3) is 0 Å². The molecule has 2 heterocycles. The smallest absolute Gasteiger partial charge is 0.342 e. The summed E-state index contributed by atoms with van der Waals surface area (Å²) in [4.78, 5) is 63.1. The summed E-state index contributed by atoms with van der Waals surface area (Å²) in [7, 11) is 0. The molecule has 0 aromatic carbocycles. The van der Waals surface area contributed by atoms with Gasteiger partial charge < -0.3 is 33.5 Å². The molecule has 0 aromatic rings. The number of esters is 5. The third kappa shape index (κ3) is 5.02. The Bertz CT molecular complexity index is 1230. The van der Waals surface area contributed by atoms with Crippen LogP contribution in [0.3, 0.4) is 0 Å². The fourth-order valence-electron chi connectivity index (χ4n) is 6.99. The Morgan fingerprint density at radius 1 is 1.00 bits per heavy atom. The van der Waals surface area contributed by atoms with E-state index in [2.05, 4.69) is 0 Å². The minimum absolute atomic E-state index is 0.0478. The Morgan fingerprint density at radius 3 is 2.17 bits per heavy atom. The predicted molar refractivity (Wildman–Crippen MR) is 143 cm³/mol. The van der Waals surface area contributed by atoms with Gasteiger partial charge in [0.2, 0.25) is 0 Å². The second-order valence-corrected chi connectivity index (χ2v) is 12.2. The summed E-state index contributed by atoms with van der Waals surface area (Å²) >= 11 is 0. The highest BCUT2D eigenvalue weighted by Gasteiger charge is 2.87. The molecule has 232 valence electrons. The largest absolute Gasteiger partial charge is 0.461 e. The lowest BCUT2D eigenvalue weighted by Gasteiger charge is -2.55. The Labute approximate surface area is 244 Å². The monoisotopic (exact) mass is 592 g/mol. The van der Waals surface area contributed by atoms with E-state index in [0.717, 1.165) is 0 Å². The van der Waals surface area contributed by atoms with Crippen molar-refractivity contribution in [2.24, 2.45) is 11.3 Å². The summed E-state index contributed by atoms with van der Waals surface area (Å²) in [6.45, 7) is 11.8. The second-order valence-electron chi connectivity index (χ2n) is 12.2. The van der Waals surface area contributed by atoms with Crippen molar-refractivity contribution < 1.29 is 57.5 Å². The Kier molecular flexibility index (Phi) is 8.14. The van der Waals surface area contributed by atoms with Gasteiger partial charge in [0.1, 0.15) is 30.0 Å². The van der Waals surface area contributed by atoms with E-state index in [0.29, 0.717) is 12.0 Å². The van der Waals surface area contributed by atoms with E-state index in [-0.39, 0.29) is 12.8 Å². The van der Waals surface area contributed by atoms with Crippen molar-refractivity contribution in [1.29, 1.82) is 0 Å². The van der Waals surface area contributed by atoms with Crippen molar-refractivity contribution in [2.75, 3.05) is 0 Å². The first-order chi connectivity index (χ1) is 19.4. The van der Waals surface area contributed by atoms with E-state index >= 15 is 0 Å². The van der Waals surface area contributed by atoms with Gasteiger partial charge in [-0.2, -0.15) is 0 Å². The standard InChI is InChI=1S/C30H40O12/c1-9-10-23(34)40-20-11-12-27(6)21(38-17(4)32)14-19(37-16(3)31)15(2)13-22-30(29(8,42-30)26(35)41-22)25(39-18(5)33)24(27)28(20,7)36/h11-13,19-22,24-25,36H,9-10,14H2,1-8H3. The SMILES string of the molecule is CCCC(=O)OC1C=CC2(C)C(OC(C)=O)CC(OC(C)=O)C(C)=CC3OC(=O)C4(C)OC34C(OC(C)=O)C2C1(C)O. The van der Waals surface area contributed by atoms with Gasteiger partial charge in [0, 0.05) is 44.9 Å². The summed E-state index contributed by atoms with van der Waals surface area (Å²) in [5.74, 6) is -4.41. The van der Waals surface area contributed by atoms with Crippen LogP contribution in [0, 0.1) is 11.3 Å². The minimum Gasteiger partial charge on any atom is -0.461 e. The molecule has 0 radical (unpaired) electrons. The van der Waals surface area contributed by atoms with Crippen molar-refractivity contribution in [2.45, 2.75) is 122 Å². The highest BCUT2D eigenvalue weighted by atomic mass is 16.7. The second kappa shape index (κ2) is 10.8. The van der Waals surface area contributed by atoms with Crippen LogP contribution in [0.25, 0.3) is 0 Å². The molecular formula is C30H40O12. The van der Waals surface area contributed by atoms with Crippen molar-refractivity contribution in [3.63, 3.8) is 0 Å². The topological polar surface area (TPSA) is 164 Å². The molecule has 12 nitrogen and oxygen atoms in total. The number of fused-ring (bicyclic) bond motifs is 1. The van der Waals surface area contributed by atoms with E-state index in [1.807, 2.05) is 6.92 Å². The van der Waals surface area contributed by atoms with Crippen LogP contribution in [-0.2, 0) is 52.4 Å².